The number of phenols is 2. The molecule has 0 saturated heterocycles. The van der Waals surface area contributed by atoms with Crippen molar-refractivity contribution in [2.45, 2.75) is 22.7 Å². The number of ether oxygens (including phenoxy) is 3. The van der Waals surface area contributed by atoms with E-state index in [1.54, 1.807) is 30.3 Å². The molecule has 1 aliphatic rings. The lowest BCUT2D eigenvalue weighted by molar-refractivity contribution is 0.0836. The predicted molar refractivity (Wildman–Crippen MR) is 118 cm³/mol. The van der Waals surface area contributed by atoms with Gasteiger partial charge in [-0.1, -0.05) is 40.9 Å². The number of amides is 1. The standard InChI is InChI=1S/C21H22Cl3NO6/c1-29-18-4-3-12(8-16(18)26)7-15-14-10-17(27)19(30-2)9-13(14)5-6-25(15)20(28)31-11-21(22,23)24/h3-4,8-10,15,26-27H,5-7,11H2,1-2H3. The zero-order valence-electron chi connectivity index (χ0n) is 16.9. The number of fused-ring (bicyclic) bond motifs is 1. The molecule has 2 aromatic rings. The first-order valence-corrected chi connectivity index (χ1v) is 10.5. The van der Waals surface area contributed by atoms with Gasteiger partial charge in [0.1, 0.15) is 6.61 Å². The van der Waals surface area contributed by atoms with Crippen molar-refractivity contribution in [1.29, 1.82) is 0 Å². The lowest BCUT2D eigenvalue weighted by Crippen LogP contribution is -2.42. The average molecular weight is 491 g/mol. The Hall–Kier alpha value is -2.22. The SMILES string of the molecule is COc1ccc(CC2c3cc(O)c(OC)cc3CCN2C(=O)OCC(Cl)(Cl)Cl)cc1O. The molecule has 168 valence electrons. The zero-order chi connectivity index (χ0) is 22.8. The maximum Gasteiger partial charge on any atom is 0.410 e. The highest BCUT2D eigenvalue weighted by Crippen LogP contribution is 2.40. The minimum absolute atomic E-state index is 0.0149. The topological polar surface area (TPSA) is 88.5 Å². The number of aromatic hydroxyl groups is 2. The molecular weight excluding hydrogens is 469 g/mol. The van der Waals surface area contributed by atoms with E-state index in [9.17, 15) is 15.0 Å². The van der Waals surface area contributed by atoms with E-state index >= 15 is 0 Å². The lowest BCUT2D eigenvalue weighted by Gasteiger charge is -2.37. The van der Waals surface area contributed by atoms with Crippen LogP contribution in [0.15, 0.2) is 30.3 Å². The number of phenolic OH excluding ortho intramolecular Hbond substituents is 2. The number of methoxy groups -OCH3 is 2. The Morgan fingerprint density at radius 3 is 2.39 bits per heavy atom. The average Bonchev–Trinajstić information content (AvgIpc) is 2.71. The van der Waals surface area contributed by atoms with Gasteiger partial charge in [-0.2, -0.15) is 0 Å². The van der Waals surface area contributed by atoms with Crippen LogP contribution in [0.3, 0.4) is 0 Å². The molecule has 7 nitrogen and oxygen atoms in total. The largest absolute Gasteiger partial charge is 0.504 e. The summed E-state index contributed by atoms with van der Waals surface area (Å²) in [6.45, 7) is -0.0454. The maximum atomic E-state index is 12.8. The van der Waals surface area contributed by atoms with Crippen molar-refractivity contribution in [3.8, 4) is 23.0 Å². The molecule has 10 heteroatoms. The minimum atomic E-state index is -1.73. The van der Waals surface area contributed by atoms with Crippen LogP contribution >= 0.6 is 34.8 Å². The van der Waals surface area contributed by atoms with Gasteiger partial charge in [0, 0.05) is 6.54 Å². The summed E-state index contributed by atoms with van der Waals surface area (Å²) < 4.78 is 13.8. The second kappa shape index (κ2) is 9.51. The van der Waals surface area contributed by atoms with Gasteiger partial charge in [-0.15, -0.1) is 0 Å². The predicted octanol–water partition coefficient (Wildman–Crippen LogP) is 4.76. The number of carbonyl (C=O) groups is 1. The molecule has 0 fully saturated rings. The molecule has 0 saturated carbocycles. The Morgan fingerprint density at radius 1 is 1.10 bits per heavy atom. The van der Waals surface area contributed by atoms with E-state index in [1.807, 2.05) is 0 Å². The fourth-order valence-corrected chi connectivity index (χ4v) is 3.80. The Bertz CT molecular complexity index is 963. The molecule has 31 heavy (non-hydrogen) atoms. The summed E-state index contributed by atoms with van der Waals surface area (Å²) in [7, 11) is 2.94. The Labute approximate surface area is 195 Å². The Kier molecular flexibility index (Phi) is 7.19. The van der Waals surface area contributed by atoms with Crippen molar-refractivity contribution in [2.24, 2.45) is 0 Å². The molecule has 0 radical (unpaired) electrons. The van der Waals surface area contributed by atoms with Crippen molar-refractivity contribution in [1.82, 2.24) is 4.90 Å². The molecule has 0 bridgehead atoms. The van der Waals surface area contributed by atoms with E-state index in [0.29, 0.717) is 30.9 Å². The molecular formula is C21H22Cl3NO6. The van der Waals surface area contributed by atoms with Crippen LogP contribution in [-0.4, -0.2) is 52.4 Å². The highest BCUT2D eigenvalue weighted by Gasteiger charge is 2.34. The molecule has 0 spiro atoms. The van der Waals surface area contributed by atoms with Crippen LogP contribution in [-0.2, 0) is 17.6 Å². The number of benzene rings is 2. The van der Waals surface area contributed by atoms with Gasteiger partial charge < -0.3 is 29.3 Å². The van der Waals surface area contributed by atoms with Gasteiger partial charge in [0.05, 0.1) is 20.3 Å². The van der Waals surface area contributed by atoms with Crippen LogP contribution < -0.4 is 9.47 Å². The van der Waals surface area contributed by atoms with Crippen molar-refractivity contribution in [3.05, 3.63) is 47.0 Å². The number of alkyl halides is 3. The monoisotopic (exact) mass is 489 g/mol. The highest BCUT2D eigenvalue weighted by molar-refractivity contribution is 6.67. The van der Waals surface area contributed by atoms with E-state index in [-0.39, 0.29) is 11.5 Å². The quantitative estimate of drug-likeness (QED) is 0.587. The molecule has 2 aromatic carbocycles. The molecule has 1 unspecified atom stereocenters. The number of carbonyl (C=O) groups excluding carboxylic acids is 1. The van der Waals surface area contributed by atoms with Crippen LogP contribution in [0.1, 0.15) is 22.7 Å². The number of hydrogen-bond acceptors (Lipinski definition) is 6. The maximum absolute atomic E-state index is 12.8. The van der Waals surface area contributed by atoms with E-state index in [4.69, 9.17) is 49.0 Å². The molecule has 1 aliphatic heterocycles. The third kappa shape index (κ3) is 5.53. The van der Waals surface area contributed by atoms with Gasteiger partial charge in [-0.25, -0.2) is 4.79 Å². The second-order valence-electron chi connectivity index (χ2n) is 7.06. The summed E-state index contributed by atoms with van der Waals surface area (Å²) in [6.07, 6.45) is 0.230. The van der Waals surface area contributed by atoms with E-state index in [1.165, 1.54) is 19.1 Å². The van der Waals surface area contributed by atoms with Crippen LogP contribution in [0, 0.1) is 0 Å². The molecule has 0 aliphatic carbocycles. The van der Waals surface area contributed by atoms with Gasteiger partial charge in [0.15, 0.2) is 23.0 Å². The fourth-order valence-electron chi connectivity index (χ4n) is 3.63. The first kappa shape index (κ1) is 23.4. The van der Waals surface area contributed by atoms with Crippen LogP contribution in [0.25, 0.3) is 0 Å². The van der Waals surface area contributed by atoms with Crippen molar-refractivity contribution in [3.63, 3.8) is 0 Å². The number of nitrogens with zero attached hydrogens (tertiary/aromatic N) is 1. The first-order valence-electron chi connectivity index (χ1n) is 9.38. The zero-order valence-corrected chi connectivity index (χ0v) is 19.2. The minimum Gasteiger partial charge on any atom is -0.504 e. The van der Waals surface area contributed by atoms with Gasteiger partial charge in [-0.3, -0.25) is 0 Å². The summed E-state index contributed by atoms with van der Waals surface area (Å²) in [4.78, 5) is 14.3. The highest BCUT2D eigenvalue weighted by atomic mass is 35.6. The normalized spacial score (nSPS) is 15.9. The summed E-state index contributed by atoms with van der Waals surface area (Å²) >= 11 is 17.1. The fraction of sp³-hybridized carbons (Fsp3) is 0.381. The van der Waals surface area contributed by atoms with Crippen LogP contribution in [0.2, 0.25) is 0 Å². The third-order valence-electron chi connectivity index (χ3n) is 5.06. The Morgan fingerprint density at radius 2 is 1.77 bits per heavy atom. The summed E-state index contributed by atoms with van der Waals surface area (Å²) in [5.41, 5.74) is 2.43. The lowest BCUT2D eigenvalue weighted by atomic mass is 9.88. The summed E-state index contributed by atoms with van der Waals surface area (Å²) in [6, 6.07) is 7.86. The number of halogens is 3. The first-order chi connectivity index (χ1) is 14.6. The van der Waals surface area contributed by atoms with E-state index < -0.39 is 22.5 Å². The van der Waals surface area contributed by atoms with Crippen LogP contribution in [0.5, 0.6) is 23.0 Å². The molecule has 1 heterocycles. The summed E-state index contributed by atoms with van der Waals surface area (Å²) in [5, 5.41) is 20.5. The summed E-state index contributed by atoms with van der Waals surface area (Å²) in [5.74, 6) is 0.639. The van der Waals surface area contributed by atoms with Gasteiger partial charge >= 0.3 is 6.09 Å². The van der Waals surface area contributed by atoms with Crippen molar-refractivity contribution in [2.75, 3.05) is 27.4 Å². The smallest absolute Gasteiger partial charge is 0.410 e. The number of hydrogen-bond donors (Lipinski definition) is 2. The molecule has 2 N–H and O–H groups in total. The van der Waals surface area contributed by atoms with Crippen LogP contribution in [0.4, 0.5) is 4.79 Å². The van der Waals surface area contributed by atoms with Gasteiger partial charge in [0.25, 0.3) is 0 Å². The Balaban J connectivity index is 1.96. The van der Waals surface area contributed by atoms with Gasteiger partial charge in [-0.05, 0) is 53.8 Å². The van der Waals surface area contributed by atoms with Crippen molar-refractivity contribution < 1.29 is 29.2 Å². The number of rotatable bonds is 5. The van der Waals surface area contributed by atoms with Gasteiger partial charge in [0.2, 0.25) is 3.79 Å². The molecule has 1 atom stereocenters. The third-order valence-corrected chi connectivity index (χ3v) is 5.39. The second-order valence-corrected chi connectivity index (χ2v) is 9.58. The van der Waals surface area contributed by atoms with E-state index in [2.05, 4.69) is 0 Å². The van der Waals surface area contributed by atoms with E-state index in [0.717, 1.165) is 16.7 Å². The van der Waals surface area contributed by atoms with Crippen molar-refractivity contribution >= 4 is 40.9 Å². The molecule has 1 amide bonds. The molecule has 3 rings (SSSR count). The molecule has 0 aromatic heterocycles.